The molecule has 25 heavy (non-hydrogen) atoms. The number of hydrogen-bond donors (Lipinski definition) is 1. The zero-order chi connectivity index (χ0) is 17.6. The molecule has 0 aliphatic carbocycles. The smallest absolute Gasteiger partial charge is 0.410 e. The van der Waals surface area contributed by atoms with Crippen molar-refractivity contribution in [3.63, 3.8) is 0 Å². The minimum Gasteiger partial charge on any atom is -0.478 e. The molecule has 2 aromatic carbocycles. The average Bonchev–Trinajstić information content (AvgIpc) is 2.63. The van der Waals surface area contributed by atoms with Crippen molar-refractivity contribution in [2.24, 2.45) is 0 Å². The summed E-state index contributed by atoms with van der Waals surface area (Å²) in [6.07, 6.45) is 4.70. The number of nitrogens with zero attached hydrogens (tertiary/aromatic N) is 2. The molecule has 1 N–H and O–H groups in total. The number of esters is 1. The molecule has 0 fully saturated rings. The van der Waals surface area contributed by atoms with Gasteiger partial charge in [-0.1, -0.05) is 36.4 Å². The standard InChI is InChI=1S/C19H14N2O4/c22-18(23)15-7-4-8-16(11-15)25-19(24)17-12-20-9-10-21(17)13-14-5-2-1-3-6-14/h1-12H,13H2/p+1. The fourth-order valence-electron chi connectivity index (χ4n) is 2.33. The number of hydrogen-bond acceptors (Lipinski definition) is 4. The van der Waals surface area contributed by atoms with Crippen LogP contribution >= 0.6 is 0 Å². The van der Waals surface area contributed by atoms with Crippen LogP contribution in [0, 0.1) is 0 Å². The second-order valence-electron chi connectivity index (χ2n) is 5.30. The SMILES string of the molecule is O=C(O)c1cccc(OC(=O)c2cncc[n+]2Cc2ccccc2)c1. The average molecular weight is 335 g/mol. The fourth-order valence-corrected chi connectivity index (χ4v) is 2.33. The highest BCUT2D eigenvalue weighted by molar-refractivity contribution is 5.89. The number of rotatable bonds is 5. The predicted molar refractivity (Wildman–Crippen MR) is 88.3 cm³/mol. The molecule has 3 rings (SSSR count). The van der Waals surface area contributed by atoms with E-state index in [1.807, 2.05) is 30.3 Å². The van der Waals surface area contributed by atoms with E-state index in [9.17, 15) is 9.59 Å². The van der Waals surface area contributed by atoms with E-state index in [4.69, 9.17) is 9.84 Å². The van der Waals surface area contributed by atoms with Crippen molar-refractivity contribution in [2.75, 3.05) is 0 Å². The van der Waals surface area contributed by atoms with E-state index in [1.165, 1.54) is 30.5 Å². The molecular weight excluding hydrogens is 320 g/mol. The summed E-state index contributed by atoms with van der Waals surface area (Å²) < 4.78 is 7.03. The third kappa shape index (κ3) is 4.06. The van der Waals surface area contributed by atoms with Gasteiger partial charge in [-0.05, 0) is 18.2 Å². The summed E-state index contributed by atoms with van der Waals surface area (Å²) in [5, 5.41) is 9.01. The van der Waals surface area contributed by atoms with Crippen LogP contribution in [0.15, 0.2) is 73.2 Å². The van der Waals surface area contributed by atoms with Gasteiger partial charge in [-0.25, -0.2) is 9.59 Å². The molecule has 6 heteroatoms. The maximum atomic E-state index is 12.5. The van der Waals surface area contributed by atoms with Gasteiger partial charge in [0, 0.05) is 5.56 Å². The lowest BCUT2D eigenvalue weighted by Crippen LogP contribution is -2.42. The van der Waals surface area contributed by atoms with Crippen LogP contribution in [0.25, 0.3) is 0 Å². The lowest BCUT2D eigenvalue weighted by atomic mass is 10.2. The fraction of sp³-hybridized carbons (Fsp3) is 0.0526. The van der Waals surface area contributed by atoms with Crippen molar-refractivity contribution < 1.29 is 24.0 Å². The van der Waals surface area contributed by atoms with Crippen molar-refractivity contribution in [3.05, 3.63) is 90.0 Å². The highest BCUT2D eigenvalue weighted by Crippen LogP contribution is 2.14. The number of aromatic nitrogens is 2. The lowest BCUT2D eigenvalue weighted by Gasteiger charge is -2.05. The number of carbonyl (C=O) groups excluding carboxylic acids is 1. The minimum absolute atomic E-state index is 0.0497. The van der Waals surface area contributed by atoms with Crippen LogP contribution in [0.4, 0.5) is 0 Å². The van der Waals surface area contributed by atoms with Gasteiger partial charge in [-0.15, -0.1) is 0 Å². The van der Waals surface area contributed by atoms with Gasteiger partial charge >= 0.3 is 17.6 Å². The zero-order valence-electron chi connectivity index (χ0n) is 13.2. The highest BCUT2D eigenvalue weighted by atomic mass is 16.5. The van der Waals surface area contributed by atoms with E-state index in [0.29, 0.717) is 6.54 Å². The number of carboxylic acid groups (broad SMARTS) is 1. The number of aromatic carboxylic acids is 1. The summed E-state index contributed by atoms with van der Waals surface area (Å²) >= 11 is 0. The molecule has 3 aromatic rings. The number of benzene rings is 2. The first-order valence-corrected chi connectivity index (χ1v) is 7.56. The van der Waals surface area contributed by atoms with Crippen LogP contribution in [0.5, 0.6) is 5.75 Å². The highest BCUT2D eigenvalue weighted by Gasteiger charge is 2.22. The van der Waals surface area contributed by atoms with Gasteiger partial charge < -0.3 is 9.84 Å². The molecule has 0 unspecified atom stereocenters. The molecule has 0 saturated carbocycles. The van der Waals surface area contributed by atoms with Gasteiger partial charge in [0.05, 0.1) is 11.8 Å². The monoisotopic (exact) mass is 335 g/mol. The maximum Gasteiger partial charge on any atom is 0.410 e. The minimum atomic E-state index is -1.08. The maximum absolute atomic E-state index is 12.5. The van der Waals surface area contributed by atoms with Crippen LogP contribution in [0.1, 0.15) is 26.4 Å². The van der Waals surface area contributed by atoms with E-state index in [2.05, 4.69) is 4.98 Å². The normalized spacial score (nSPS) is 10.2. The number of ether oxygens (including phenoxy) is 1. The Balaban J connectivity index is 1.83. The summed E-state index contributed by atoms with van der Waals surface area (Å²) in [6, 6.07) is 15.5. The molecule has 0 radical (unpaired) electrons. The van der Waals surface area contributed by atoms with Crippen molar-refractivity contribution in [2.45, 2.75) is 6.54 Å². The van der Waals surface area contributed by atoms with Gasteiger partial charge in [0.15, 0.2) is 12.7 Å². The Bertz CT molecular complexity index is 910. The van der Waals surface area contributed by atoms with Crippen LogP contribution in [-0.4, -0.2) is 22.0 Å². The lowest BCUT2D eigenvalue weighted by molar-refractivity contribution is -0.691. The Labute approximate surface area is 144 Å². The van der Waals surface area contributed by atoms with Gasteiger partial charge in [0.1, 0.15) is 11.9 Å². The van der Waals surface area contributed by atoms with Crippen LogP contribution in [-0.2, 0) is 6.54 Å². The van der Waals surface area contributed by atoms with Crippen LogP contribution in [0.3, 0.4) is 0 Å². The predicted octanol–water partition coefficient (Wildman–Crippen LogP) is 2.33. The first-order chi connectivity index (χ1) is 12.1. The summed E-state index contributed by atoms with van der Waals surface area (Å²) in [4.78, 5) is 27.5. The summed E-state index contributed by atoms with van der Waals surface area (Å²) in [7, 11) is 0. The number of carbonyl (C=O) groups is 2. The second-order valence-corrected chi connectivity index (χ2v) is 5.30. The largest absolute Gasteiger partial charge is 0.478 e. The second kappa shape index (κ2) is 7.35. The van der Waals surface area contributed by atoms with E-state index in [0.717, 1.165) is 5.56 Å². The van der Waals surface area contributed by atoms with Crippen molar-refractivity contribution >= 4 is 11.9 Å². The van der Waals surface area contributed by atoms with Gasteiger partial charge in [0.2, 0.25) is 0 Å². The van der Waals surface area contributed by atoms with Crippen molar-refractivity contribution in [3.8, 4) is 5.75 Å². The summed E-state index contributed by atoms with van der Waals surface area (Å²) in [5.41, 5.74) is 1.35. The first kappa shape index (κ1) is 16.3. The van der Waals surface area contributed by atoms with Crippen LogP contribution < -0.4 is 9.30 Å². The first-order valence-electron chi connectivity index (χ1n) is 7.56. The van der Waals surface area contributed by atoms with Crippen molar-refractivity contribution in [1.29, 1.82) is 0 Å². The summed E-state index contributed by atoms with van der Waals surface area (Å²) in [6.45, 7) is 0.489. The van der Waals surface area contributed by atoms with Gasteiger partial charge in [-0.3, -0.25) is 4.98 Å². The molecule has 0 amide bonds. The molecule has 1 aromatic heterocycles. The van der Waals surface area contributed by atoms with E-state index in [1.54, 1.807) is 17.0 Å². The Kier molecular flexibility index (Phi) is 4.80. The van der Waals surface area contributed by atoms with E-state index < -0.39 is 11.9 Å². The molecular formula is C19H15N2O4+. The van der Waals surface area contributed by atoms with Crippen LogP contribution in [0.2, 0.25) is 0 Å². The molecule has 0 aliphatic rings. The summed E-state index contributed by atoms with van der Waals surface area (Å²) in [5.74, 6) is -1.52. The Morgan fingerprint density at radius 3 is 2.64 bits per heavy atom. The quantitative estimate of drug-likeness (QED) is 0.440. The third-order valence-electron chi connectivity index (χ3n) is 3.54. The zero-order valence-corrected chi connectivity index (χ0v) is 13.2. The molecule has 6 nitrogen and oxygen atoms in total. The molecule has 0 bridgehead atoms. The molecule has 0 spiro atoms. The molecule has 0 saturated heterocycles. The molecule has 0 aliphatic heterocycles. The van der Waals surface area contributed by atoms with E-state index in [-0.39, 0.29) is 17.0 Å². The number of carboxylic acids is 1. The Morgan fingerprint density at radius 2 is 1.88 bits per heavy atom. The third-order valence-corrected chi connectivity index (χ3v) is 3.54. The van der Waals surface area contributed by atoms with Crippen molar-refractivity contribution in [1.82, 2.24) is 4.98 Å². The molecule has 124 valence electrons. The van der Waals surface area contributed by atoms with Gasteiger partial charge in [0.25, 0.3) is 0 Å². The van der Waals surface area contributed by atoms with E-state index >= 15 is 0 Å². The Hall–Kier alpha value is -3.54. The van der Waals surface area contributed by atoms with Gasteiger partial charge in [-0.2, -0.15) is 4.57 Å². The topological polar surface area (TPSA) is 80.4 Å². The molecule has 1 heterocycles. The molecule has 0 atom stereocenters. The Morgan fingerprint density at radius 1 is 1.08 bits per heavy atom.